The van der Waals surface area contributed by atoms with E-state index >= 15 is 0 Å². The zero-order valence-corrected chi connectivity index (χ0v) is 10.1. The third-order valence-corrected chi connectivity index (χ3v) is 2.64. The Hall–Kier alpha value is -1.06. The third kappa shape index (κ3) is 3.22. The van der Waals surface area contributed by atoms with Crippen LogP contribution in [-0.2, 0) is 4.79 Å². The molecule has 2 rings (SSSR count). The highest BCUT2D eigenvalue weighted by Crippen LogP contribution is 2.20. The minimum Gasteiger partial charge on any atom is -0.352 e. The van der Waals surface area contributed by atoms with Crippen LogP contribution in [-0.4, -0.2) is 11.9 Å². The minimum absolute atomic E-state index is 0. The summed E-state index contributed by atoms with van der Waals surface area (Å²) in [5.41, 5.74) is 7.90. The van der Waals surface area contributed by atoms with Crippen molar-refractivity contribution in [2.45, 2.75) is 31.8 Å². The molecule has 0 spiro atoms. The number of nitrogens with one attached hydrogen (secondary N) is 1. The first-order valence-electron chi connectivity index (χ1n) is 5.29. The summed E-state index contributed by atoms with van der Waals surface area (Å²) in [6.07, 6.45) is 2.18. The average molecular weight is 241 g/mol. The fourth-order valence-corrected chi connectivity index (χ4v) is 1.44. The summed E-state index contributed by atoms with van der Waals surface area (Å²) in [6.45, 7) is 2.01. The number of aryl methyl sites for hydroxylation is 1. The molecule has 1 saturated carbocycles. The van der Waals surface area contributed by atoms with Crippen molar-refractivity contribution in [3.05, 3.63) is 35.4 Å². The van der Waals surface area contributed by atoms with Crippen molar-refractivity contribution in [1.29, 1.82) is 0 Å². The van der Waals surface area contributed by atoms with E-state index in [1.54, 1.807) is 0 Å². The van der Waals surface area contributed by atoms with E-state index in [1.165, 1.54) is 5.56 Å². The van der Waals surface area contributed by atoms with Crippen molar-refractivity contribution in [3.8, 4) is 0 Å². The molecule has 3 nitrogen and oxygen atoms in total. The van der Waals surface area contributed by atoms with E-state index < -0.39 is 6.04 Å². The van der Waals surface area contributed by atoms with Gasteiger partial charge in [-0.1, -0.05) is 29.8 Å². The van der Waals surface area contributed by atoms with Crippen molar-refractivity contribution in [2.24, 2.45) is 5.73 Å². The molecule has 1 amide bonds. The van der Waals surface area contributed by atoms with E-state index in [1.807, 2.05) is 31.2 Å². The topological polar surface area (TPSA) is 55.1 Å². The molecule has 0 bridgehead atoms. The maximum absolute atomic E-state index is 11.6. The Morgan fingerprint density at radius 1 is 1.38 bits per heavy atom. The van der Waals surface area contributed by atoms with Crippen LogP contribution in [0.1, 0.15) is 30.0 Å². The number of carbonyl (C=O) groups is 1. The quantitative estimate of drug-likeness (QED) is 0.845. The van der Waals surface area contributed by atoms with Gasteiger partial charge >= 0.3 is 0 Å². The van der Waals surface area contributed by atoms with E-state index in [4.69, 9.17) is 5.73 Å². The standard InChI is InChI=1S/C12H16N2O.ClH/c1-8-2-4-9(5-3-8)11(13)12(15)14-10-6-7-10;/h2-5,10-11H,6-7,13H2,1H3,(H,14,15);1H. The lowest BCUT2D eigenvalue weighted by Gasteiger charge is -2.12. The van der Waals surface area contributed by atoms with E-state index in [0.29, 0.717) is 6.04 Å². The summed E-state index contributed by atoms with van der Waals surface area (Å²) < 4.78 is 0. The molecule has 3 N–H and O–H groups in total. The van der Waals surface area contributed by atoms with E-state index in [0.717, 1.165) is 18.4 Å². The van der Waals surface area contributed by atoms with Gasteiger partial charge in [-0.3, -0.25) is 4.79 Å². The van der Waals surface area contributed by atoms with Gasteiger partial charge in [-0.15, -0.1) is 12.4 Å². The minimum atomic E-state index is -0.536. The predicted molar refractivity (Wildman–Crippen MR) is 66.5 cm³/mol. The number of halogens is 1. The Kier molecular flexibility index (Phi) is 4.33. The lowest BCUT2D eigenvalue weighted by atomic mass is 10.1. The molecule has 0 saturated heterocycles. The van der Waals surface area contributed by atoms with Gasteiger partial charge in [0, 0.05) is 6.04 Å². The molecule has 0 aromatic heterocycles. The van der Waals surface area contributed by atoms with Crippen molar-refractivity contribution < 1.29 is 4.79 Å². The van der Waals surface area contributed by atoms with Crippen LogP contribution in [0.25, 0.3) is 0 Å². The maximum Gasteiger partial charge on any atom is 0.241 e. The Labute approximate surface area is 102 Å². The molecule has 4 heteroatoms. The smallest absolute Gasteiger partial charge is 0.241 e. The normalized spacial score (nSPS) is 16.1. The number of amides is 1. The first kappa shape index (κ1) is 13.0. The van der Waals surface area contributed by atoms with Gasteiger partial charge in [-0.25, -0.2) is 0 Å². The molecule has 0 aliphatic heterocycles. The largest absolute Gasteiger partial charge is 0.352 e. The molecule has 0 radical (unpaired) electrons. The Morgan fingerprint density at radius 2 is 1.94 bits per heavy atom. The fourth-order valence-electron chi connectivity index (χ4n) is 1.44. The van der Waals surface area contributed by atoms with Crippen LogP contribution in [0.15, 0.2) is 24.3 Å². The molecule has 1 unspecified atom stereocenters. The molecule has 88 valence electrons. The summed E-state index contributed by atoms with van der Waals surface area (Å²) in [7, 11) is 0. The fraction of sp³-hybridized carbons (Fsp3) is 0.417. The molecular weight excluding hydrogens is 224 g/mol. The van der Waals surface area contributed by atoms with Crippen LogP contribution in [0, 0.1) is 6.92 Å². The predicted octanol–water partition coefficient (Wildman–Crippen LogP) is 1.70. The van der Waals surface area contributed by atoms with Gasteiger partial charge in [0.05, 0.1) is 0 Å². The van der Waals surface area contributed by atoms with Crippen LogP contribution < -0.4 is 11.1 Å². The summed E-state index contributed by atoms with van der Waals surface area (Å²) in [5, 5.41) is 2.90. The van der Waals surface area contributed by atoms with E-state index in [2.05, 4.69) is 5.32 Å². The maximum atomic E-state index is 11.6. The SMILES string of the molecule is Cc1ccc(C(N)C(=O)NC2CC2)cc1.Cl. The first-order valence-corrected chi connectivity index (χ1v) is 5.29. The number of carbonyl (C=O) groups excluding carboxylic acids is 1. The summed E-state index contributed by atoms with van der Waals surface area (Å²) in [6, 6.07) is 7.60. The van der Waals surface area contributed by atoms with Crippen LogP contribution in [0.5, 0.6) is 0 Å². The summed E-state index contributed by atoms with van der Waals surface area (Å²) in [5.74, 6) is -0.0682. The number of nitrogens with two attached hydrogens (primary N) is 1. The monoisotopic (exact) mass is 240 g/mol. The zero-order chi connectivity index (χ0) is 10.8. The number of rotatable bonds is 3. The Balaban J connectivity index is 0.00000128. The van der Waals surface area contributed by atoms with Gasteiger partial charge in [0.15, 0.2) is 0 Å². The zero-order valence-electron chi connectivity index (χ0n) is 9.27. The molecule has 1 aromatic rings. The second-order valence-corrected chi connectivity index (χ2v) is 4.17. The molecule has 0 heterocycles. The van der Waals surface area contributed by atoms with Crippen molar-refractivity contribution >= 4 is 18.3 Å². The molecule has 1 aliphatic carbocycles. The number of hydrogen-bond acceptors (Lipinski definition) is 2. The van der Waals surface area contributed by atoms with Gasteiger partial charge < -0.3 is 11.1 Å². The highest BCUT2D eigenvalue weighted by molar-refractivity contribution is 5.85. The molecule has 1 fully saturated rings. The summed E-state index contributed by atoms with van der Waals surface area (Å²) in [4.78, 5) is 11.6. The number of benzene rings is 1. The second kappa shape index (κ2) is 5.32. The Morgan fingerprint density at radius 3 is 2.44 bits per heavy atom. The van der Waals surface area contributed by atoms with Gasteiger partial charge in [0.1, 0.15) is 6.04 Å². The highest BCUT2D eigenvalue weighted by atomic mass is 35.5. The molecular formula is C12H17ClN2O. The van der Waals surface area contributed by atoms with Crippen molar-refractivity contribution in [3.63, 3.8) is 0 Å². The van der Waals surface area contributed by atoms with Gasteiger partial charge in [-0.05, 0) is 25.3 Å². The van der Waals surface area contributed by atoms with Crippen LogP contribution >= 0.6 is 12.4 Å². The average Bonchev–Trinajstić information content (AvgIpc) is 3.02. The molecule has 16 heavy (non-hydrogen) atoms. The van der Waals surface area contributed by atoms with E-state index in [-0.39, 0.29) is 18.3 Å². The number of hydrogen-bond donors (Lipinski definition) is 2. The summed E-state index contributed by atoms with van der Waals surface area (Å²) >= 11 is 0. The second-order valence-electron chi connectivity index (χ2n) is 4.17. The molecule has 1 aromatic carbocycles. The molecule has 1 aliphatic rings. The highest BCUT2D eigenvalue weighted by Gasteiger charge is 2.26. The molecule has 1 atom stereocenters. The lowest BCUT2D eigenvalue weighted by Crippen LogP contribution is -2.35. The third-order valence-electron chi connectivity index (χ3n) is 2.64. The van der Waals surface area contributed by atoms with Crippen molar-refractivity contribution in [2.75, 3.05) is 0 Å². The first-order chi connectivity index (χ1) is 7.16. The van der Waals surface area contributed by atoms with Crippen LogP contribution in [0.3, 0.4) is 0 Å². The van der Waals surface area contributed by atoms with Crippen molar-refractivity contribution in [1.82, 2.24) is 5.32 Å². The van der Waals surface area contributed by atoms with Crippen LogP contribution in [0.2, 0.25) is 0 Å². The Bertz CT molecular complexity index is 360. The van der Waals surface area contributed by atoms with E-state index in [9.17, 15) is 4.79 Å². The van der Waals surface area contributed by atoms with Gasteiger partial charge in [0.25, 0.3) is 0 Å². The van der Waals surface area contributed by atoms with Crippen LogP contribution in [0.4, 0.5) is 0 Å². The van der Waals surface area contributed by atoms with Gasteiger partial charge in [-0.2, -0.15) is 0 Å². The lowest BCUT2D eigenvalue weighted by molar-refractivity contribution is -0.122. The van der Waals surface area contributed by atoms with Gasteiger partial charge in [0.2, 0.25) is 5.91 Å².